The fraction of sp³-hybridized carbons (Fsp3) is 0.600. The van der Waals surface area contributed by atoms with E-state index in [1.54, 1.807) is 6.08 Å². The van der Waals surface area contributed by atoms with Crippen LogP contribution in [0.15, 0.2) is 24.8 Å². The maximum atomic E-state index is 12.4. The Morgan fingerprint density at radius 2 is 1.78 bits per heavy atom. The lowest BCUT2D eigenvalue weighted by molar-refractivity contribution is -0.136. The summed E-state index contributed by atoms with van der Waals surface area (Å²) in [7, 11) is 0. The third-order valence-corrected chi connectivity index (χ3v) is 2.92. The van der Waals surface area contributed by atoms with Crippen molar-refractivity contribution in [3.05, 3.63) is 24.8 Å². The lowest BCUT2D eigenvalue weighted by Crippen LogP contribution is -2.39. The number of allylic oxidation sites excluding steroid dienone is 2. The van der Waals surface area contributed by atoms with Crippen molar-refractivity contribution in [1.82, 2.24) is 0 Å². The molecule has 0 aromatic heterocycles. The zero-order chi connectivity index (χ0) is 14.5. The van der Waals surface area contributed by atoms with Crippen LogP contribution in [0.4, 0.5) is 0 Å². The minimum Gasteiger partial charge on any atom is -0.369 e. The number of ketones is 1. The summed E-state index contributed by atoms with van der Waals surface area (Å²) in [6.45, 7) is 14.9. The number of hydrogen-bond acceptors (Lipinski definition) is 2. The van der Waals surface area contributed by atoms with Gasteiger partial charge in [0.05, 0.1) is 5.92 Å². The molecular weight excluding hydrogens is 226 g/mol. The van der Waals surface area contributed by atoms with E-state index in [2.05, 4.69) is 13.2 Å². The van der Waals surface area contributed by atoms with Crippen molar-refractivity contribution in [2.75, 3.05) is 0 Å². The van der Waals surface area contributed by atoms with Gasteiger partial charge in [0.2, 0.25) is 5.91 Å². The number of rotatable bonds is 7. The van der Waals surface area contributed by atoms with Crippen molar-refractivity contribution in [2.45, 2.75) is 40.5 Å². The van der Waals surface area contributed by atoms with E-state index in [0.717, 1.165) is 5.57 Å². The molecule has 102 valence electrons. The average Bonchev–Trinajstić information content (AvgIpc) is 2.20. The molecule has 0 aliphatic carbocycles. The molecule has 18 heavy (non-hydrogen) atoms. The molecule has 0 aliphatic heterocycles. The van der Waals surface area contributed by atoms with Gasteiger partial charge >= 0.3 is 0 Å². The van der Waals surface area contributed by atoms with Gasteiger partial charge in [-0.15, -0.1) is 13.2 Å². The summed E-state index contributed by atoms with van der Waals surface area (Å²) >= 11 is 0. The molecule has 3 nitrogen and oxygen atoms in total. The predicted octanol–water partition coefficient (Wildman–Crippen LogP) is 2.86. The minimum absolute atomic E-state index is 0.0520. The van der Waals surface area contributed by atoms with Crippen molar-refractivity contribution in [3.8, 4) is 0 Å². The molecule has 0 bridgehead atoms. The van der Waals surface area contributed by atoms with Gasteiger partial charge in [-0.25, -0.2) is 0 Å². The summed E-state index contributed by atoms with van der Waals surface area (Å²) in [4.78, 5) is 24.0. The van der Waals surface area contributed by atoms with Crippen LogP contribution in [0.3, 0.4) is 0 Å². The molecule has 0 aromatic carbocycles. The van der Waals surface area contributed by atoms with Gasteiger partial charge in [0.1, 0.15) is 5.78 Å². The highest BCUT2D eigenvalue weighted by Gasteiger charge is 2.36. The van der Waals surface area contributed by atoms with E-state index in [0.29, 0.717) is 12.8 Å². The van der Waals surface area contributed by atoms with Crippen molar-refractivity contribution in [2.24, 2.45) is 23.0 Å². The molecule has 0 unspecified atom stereocenters. The Labute approximate surface area is 110 Å². The molecule has 1 amide bonds. The maximum absolute atomic E-state index is 12.4. The van der Waals surface area contributed by atoms with Crippen LogP contribution in [-0.2, 0) is 9.59 Å². The number of carbonyl (C=O) groups is 2. The lowest BCUT2D eigenvalue weighted by atomic mass is 9.73. The first-order chi connectivity index (χ1) is 8.11. The monoisotopic (exact) mass is 251 g/mol. The Morgan fingerprint density at radius 1 is 1.28 bits per heavy atom. The number of hydrogen-bond donors (Lipinski definition) is 1. The first-order valence-corrected chi connectivity index (χ1v) is 6.20. The van der Waals surface area contributed by atoms with Crippen LogP contribution in [0.2, 0.25) is 0 Å². The topological polar surface area (TPSA) is 60.2 Å². The molecule has 0 spiro atoms. The van der Waals surface area contributed by atoms with Crippen molar-refractivity contribution < 1.29 is 9.59 Å². The standard InChI is InChI=1S/C15H25NO2/c1-7-8-11(14(16)18)12(9-10(2)3)13(17)15(4,5)6/h7,11-12H,1-2,8-9H2,3-6H3,(H2,16,18)/t11-,12+/m0/s1. The quantitative estimate of drug-likeness (QED) is 0.707. The van der Waals surface area contributed by atoms with Gasteiger partial charge in [-0.1, -0.05) is 32.4 Å². The Hall–Kier alpha value is -1.38. The number of Topliss-reactive ketones (excluding diaryl/α,β-unsaturated/α-hetero) is 1. The van der Waals surface area contributed by atoms with Gasteiger partial charge in [0.25, 0.3) is 0 Å². The summed E-state index contributed by atoms with van der Waals surface area (Å²) < 4.78 is 0. The zero-order valence-electron chi connectivity index (χ0n) is 12.0. The number of primary amides is 1. The Bertz CT molecular complexity index is 350. The molecule has 0 radical (unpaired) electrons. The van der Waals surface area contributed by atoms with Gasteiger partial charge < -0.3 is 5.73 Å². The van der Waals surface area contributed by atoms with Crippen LogP contribution in [0, 0.1) is 17.3 Å². The van der Waals surface area contributed by atoms with E-state index in [9.17, 15) is 9.59 Å². The summed E-state index contributed by atoms with van der Waals surface area (Å²) in [5.41, 5.74) is 5.80. The average molecular weight is 251 g/mol. The number of carbonyl (C=O) groups excluding carboxylic acids is 2. The van der Waals surface area contributed by atoms with Crippen LogP contribution in [0.25, 0.3) is 0 Å². The Kier molecular flexibility index (Phi) is 6.02. The molecule has 2 N–H and O–H groups in total. The maximum Gasteiger partial charge on any atom is 0.221 e. The third-order valence-electron chi connectivity index (χ3n) is 2.92. The fourth-order valence-corrected chi connectivity index (χ4v) is 2.01. The first-order valence-electron chi connectivity index (χ1n) is 6.20. The highest BCUT2D eigenvalue weighted by molar-refractivity contribution is 5.91. The predicted molar refractivity (Wildman–Crippen MR) is 74.9 cm³/mol. The van der Waals surface area contributed by atoms with Crippen LogP contribution in [0.1, 0.15) is 40.5 Å². The fourth-order valence-electron chi connectivity index (χ4n) is 2.01. The largest absolute Gasteiger partial charge is 0.369 e. The highest BCUT2D eigenvalue weighted by Crippen LogP contribution is 2.31. The lowest BCUT2D eigenvalue weighted by Gasteiger charge is -2.29. The van der Waals surface area contributed by atoms with Gasteiger partial charge in [-0.05, 0) is 19.8 Å². The molecule has 2 atom stereocenters. The van der Waals surface area contributed by atoms with Gasteiger partial charge in [-0.3, -0.25) is 9.59 Å². The SMILES string of the molecule is C=CC[C@H](C(N)=O)[C@@H](CC(=C)C)C(=O)C(C)(C)C. The van der Waals surface area contributed by atoms with Crippen LogP contribution >= 0.6 is 0 Å². The van der Waals surface area contributed by atoms with E-state index < -0.39 is 23.2 Å². The van der Waals surface area contributed by atoms with E-state index in [4.69, 9.17) is 5.73 Å². The summed E-state index contributed by atoms with van der Waals surface area (Å²) in [5, 5.41) is 0. The van der Waals surface area contributed by atoms with Crippen LogP contribution in [0.5, 0.6) is 0 Å². The molecule has 0 saturated carbocycles. The van der Waals surface area contributed by atoms with Gasteiger partial charge in [-0.2, -0.15) is 0 Å². The molecule has 0 fully saturated rings. The molecule has 0 heterocycles. The molecule has 3 heteroatoms. The van der Waals surface area contributed by atoms with Crippen LogP contribution < -0.4 is 5.73 Å². The third kappa shape index (κ3) is 4.86. The summed E-state index contributed by atoms with van der Waals surface area (Å²) in [5.74, 6) is -1.29. The summed E-state index contributed by atoms with van der Waals surface area (Å²) in [6, 6.07) is 0. The highest BCUT2D eigenvalue weighted by atomic mass is 16.1. The minimum atomic E-state index is -0.495. The van der Waals surface area contributed by atoms with Gasteiger partial charge in [0, 0.05) is 11.3 Å². The van der Waals surface area contributed by atoms with E-state index in [1.807, 2.05) is 27.7 Å². The molecule has 0 aliphatic rings. The first kappa shape index (κ1) is 16.6. The normalized spacial score (nSPS) is 14.7. The second-order valence-corrected chi connectivity index (χ2v) is 5.92. The van der Waals surface area contributed by atoms with Crippen molar-refractivity contribution >= 4 is 11.7 Å². The van der Waals surface area contributed by atoms with E-state index in [-0.39, 0.29) is 5.78 Å². The second-order valence-electron chi connectivity index (χ2n) is 5.92. The molecule has 0 saturated heterocycles. The van der Waals surface area contributed by atoms with Crippen molar-refractivity contribution in [3.63, 3.8) is 0 Å². The van der Waals surface area contributed by atoms with E-state index >= 15 is 0 Å². The van der Waals surface area contributed by atoms with Crippen molar-refractivity contribution in [1.29, 1.82) is 0 Å². The van der Waals surface area contributed by atoms with Crippen LogP contribution in [-0.4, -0.2) is 11.7 Å². The van der Waals surface area contributed by atoms with E-state index in [1.165, 1.54) is 0 Å². The molecule has 0 aromatic rings. The Morgan fingerprint density at radius 3 is 2.06 bits per heavy atom. The number of amides is 1. The molecule has 0 rings (SSSR count). The second kappa shape index (κ2) is 6.53. The number of nitrogens with two attached hydrogens (primary N) is 1. The smallest absolute Gasteiger partial charge is 0.221 e. The Balaban J connectivity index is 5.31. The van der Waals surface area contributed by atoms with Gasteiger partial charge in [0.15, 0.2) is 0 Å². The summed E-state index contributed by atoms with van der Waals surface area (Å²) in [6.07, 6.45) is 2.56. The zero-order valence-corrected chi connectivity index (χ0v) is 12.0. The molecular formula is C15H25NO2.